The minimum Gasteiger partial charge on any atom is -0.264 e. The van der Waals surface area contributed by atoms with Crippen molar-refractivity contribution >= 4 is 10.4 Å². The third kappa shape index (κ3) is 11.4. The molecule has 1 saturated carbocycles. The average Bonchev–Trinajstić information content (AvgIpc) is 2.49. The SMILES string of the molecule is N#CCCC1CCCC1.O=S(=O)(O)O. The molecule has 0 unspecified atom stereocenters. The van der Waals surface area contributed by atoms with Gasteiger partial charge in [-0.05, 0) is 12.3 Å². The van der Waals surface area contributed by atoms with Crippen LogP contribution in [0.15, 0.2) is 0 Å². The first-order chi connectivity index (χ1) is 6.43. The Bertz CT molecular complexity index is 266. The number of nitriles is 1. The van der Waals surface area contributed by atoms with Crippen LogP contribution in [0, 0.1) is 17.2 Å². The second-order valence-electron chi connectivity index (χ2n) is 3.30. The molecular formula is C8H15NO4S. The van der Waals surface area contributed by atoms with Crippen LogP contribution in [0.5, 0.6) is 0 Å². The summed E-state index contributed by atoms with van der Waals surface area (Å²) in [5.74, 6) is 0.893. The van der Waals surface area contributed by atoms with Gasteiger partial charge in [0.1, 0.15) is 0 Å². The van der Waals surface area contributed by atoms with Crippen LogP contribution in [0.3, 0.4) is 0 Å². The molecule has 1 fully saturated rings. The molecular weight excluding hydrogens is 206 g/mol. The molecule has 0 atom stereocenters. The standard InChI is InChI=1S/C8H13N.H2O4S/c9-7-3-6-8-4-1-2-5-8;1-5(2,3)4/h8H,1-6H2;(H2,1,2,3,4). The maximum Gasteiger partial charge on any atom is 0.394 e. The van der Waals surface area contributed by atoms with Crippen molar-refractivity contribution in [3.8, 4) is 6.07 Å². The summed E-state index contributed by atoms with van der Waals surface area (Å²) < 4.78 is 31.6. The van der Waals surface area contributed by atoms with Gasteiger partial charge in [0.15, 0.2) is 0 Å². The van der Waals surface area contributed by atoms with Crippen molar-refractivity contribution < 1.29 is 17.5 Å². The first-order valence-electron chi connectivity index (χ1n) is 4.50. The Hall–Kier alpha value is -0.640. The van der Waals surface area contributed by atoms with Gasteiger partial charge in [-0.2, -0.15) is 13.7 Å². The lowest BCUT2D eigenvalue weighted by Crippen LogP contribution is -1.90. The van der Waals surface area contributed by atoms with E-state index in [4.69, 9.17) is 22.8 Å². The van der Waals surface area contributed by atoms with E-state index in [-0.39, 0.29) is 0 Å². The molecule has 0 aromatic carbocycles. The van der Waals surface area contributed by atoms with Crippen molar-refractivity contribution in [1.29, 1.82) is 5.26 Å². The highest BCUT2D eigenvalue weighted by atomic mass is 32.3. The van der Waals surface area contributed by atoms with E-state index >= 15 is 0 Å². The van der Waals surface area contributed by atoms with Gasteiger partial charge in [0.2, 0.25) is 0 Å². The molecule has 1 aliphatic rings. The van der Waals surface area contributed by atoms with Crippen molar-refractivity contribution in [2.24, 2.45) is 5.92 Å². The van der Waals surface area contributed by atoms with Gasteiger partial charge in [-0.15, -0.1) is 0 Å². The Morgan fingerprint density at radius 1 is 1.29 bits per heavy atom. The van der Waals surface area contributed by atoms with Gasteiger partial charge in [0, 0.05) is 6.42 Å². The fourth-order valence-corrected chi connectivity index (χ4v) is 1.57. The maximum atomic E-state index is 8.74. The van der Waals surface area contributed by atoms with Crippen molar-refractivity contribution in [1.82, 2.24) is 0 Å². The summed E-state index contributed by atoms with van der Waals surface area (Å²) in [5.41, 5.74) is 0. The molecule has 0 aromatic rings. The van der Waals surface area contributed by atoms with Crippen LogP contribution < -0.4 is 0 Å². The predicted molar refractivity (Wildman–Crippen MR) is 51.0 cm³/mol. The van der Waals surface area contributed by atoms with Gasteiger partial charge in [-0.1, -0.05) is 25.7 Å². The summed E-state index contributed by atoms with van der Waals surface area (Å²) in [7, 11) is -4.67. The van der Waals surface area contributed by atoms with E-state index in [0.717, 1.165) is 18.8 Å². The molecule has 0 amide bonds. The predicted octanol–water partition coefficient (Wildman–Crippen LogP) is 1.83. The maximum absolute atomic E-state index is 8.74. The molecule has 0 radical (unpaired) electrons. The van der Waals surface area contributed by atoms with E-state index < -0.39 is 10.4 Å². The quantitative estimate of drug-likeness (QED) is 0.693. The molecule has 0 saturated heterocycles. The average molecular weight is 221 g/mol. The fourth-order valence-electron chi connectivity index (χ4n) is 1.57. The molecule has 6 heteroatoms. The Labute approximate surface area is 84.3 Å². The van der Waals surface area contributed by atoms with Gasteiger partial charge in [-0.25, -0.2) is 0 Å². The molecule has 14 heavy (non-hydrogen) atoms. The topological polar surface area (TPSA) is 98.4 Å². The molecule has 0 aromatic heterocycles. The summed E-state index contributed by atoms with van der Waals surface area (Å²) in [6.45, 7) is 0. The third-order valence-electron chi connectivity index (χ3n) is 2.14. The molecule has 0 aliphatic heterocycles. The minimum atomic E-state index is -4.67. The summed E-state index contributed by atoms with van der Waals surface area (Å²) in [5, 5.41) is 8.28. The first-order valence-corrected chi connectivity index (χ1v) is 5.90. The molecule has 0 bridgehead atoms. The summed E-state index contributed by atoms with van der Waals surface area (Å²) in [6, 6.07) is 2.19. The van der Waals surface area contributed by atoms with Crippen molar-refractivity contribution in [2.75, 3.05) is 0 Å². The van der Waals surface area contributed by atoms with Crippen LogP contribution in [0.2, 0.25) is 0 Å². The van der Waals surface area contributed by atoms with Crippen molar-refractivity contribution in [2.45, 2.75) is 38.5 Å². The lowest BCUT2D eigenvalue weighted by atomic mass is 10.0. The monoisotopic (exact) mass is 221 g/mol. The van der Waals surface area contributed by atoms with Crippen molar-refractivity contribution in [3.63, 3.8) is 0 Å². The zero-order chi connectivity index (χ0) is 11.0. The molecule has 5 nitrogen and oxygen atoms in total. The summed E-state index contributed by atoms with van der Waals surface area (Å²) >= 11 is 0. The Morgan fingerprint density at radius 2 is 1.71 bits per heavy atom. The van der Waals surface area contributed by atoms with Crippen LogP contribution in [0.25, 0.3) is 0 Å². The second-order valence-corrected chi connectivity index (χ2v) is 4.19. The minimum absolute atomic E-state index is 0.769. The van der Waals surface area contributed by atoms with Crippen LogP contribution in [-0.4, -0.2) is 17.5 Å². The molecule has 0 spiro atoms. The van der Waals surface area contributed by atoms with Gasteiger partial charge >= 0.3 is 10.4 Å². The van der Waals surface area contributed by atoms with E-state index in [2.05, 4.69) is 6.07 Å². The van der Waals surface area contributed by atoms with Crippen molar-refractivity contribution in [3.05, 3.63) is 0 Å². The molecule has 2 N–H and O–H groups in total. The highest BCUT2D eigenvalue weighted by Gasteiger charge is 2.13. The van der Waals surface area contributed by atoms with E-state index in [1.165, 1.54) is 25.7 Å². The fraction of sp³-hybridized carbons (Fsp3) is 0.875. The van der Waals surface area contributed by atoms with Gasteiger partial charge in [0.05, 0.1) is 6.07 Å². The van der Waals surface area contributed by atoms with E-state index in [9.17, 15) is 0 Å². The smallest absolute Gasteiger partial charge is 0.264 e. The summed E-state index contributed by atoms with van der Waals surface area (Å²) in [4.78, 5) is 0. The highest BCUT2D eigenvalue weighted by molar-refractivity contribution is 7.79. The van der Waals surface area contributed by atoms with E-state index in [0.29, 0.717) is 0 Å². The van der Waals surface area contributed by atoms with Gasteiger partial charge in [0.25, 0.3) is 0 Å². The highest BCUT2D eigenvalue weighted by Crippen LogP contribution is 2.27. The van der Waals surface area contributed by atoms with Gasteiger partial charge < -0.3 is 0 Å². The molecule has 0 heterocycles. The number of hydrogen-bond donors (Lipinski definition) is 2. The summed E-state index contributed by atoms with van der Waals surface area (Å²) in [6.07, 6.45) is 7.47. The molecule has 1 rings (SSSR count). The Morgan fingerprint density at radius 3 is 2.07 bits per heavy atom. The van der Waals surface area contributed by atoms with E-state index in [1.807, 2.05) is 0 Å². The number of nitrogens with zero attached hydrogens (tertiary/aromatic N) is 1. The van der Waals surface area contributed by atoms with Crippen LogP contribution in [-0.2, 0) is 10.4 Å². The Balaban J connectivity index is 0.000000292. The zero-order valence-corrected chi connectivity index (χ0v) is 8.70. The number of rotatable bonds is 2. The lowest BCUT2D eigenvalue weighted by Gasteiger charge is -2.02. The molecule has 82 valence electrons. The Kier molecular flexibility index (Phi) is 6.45. The van der Waals surface area contributed by atoms with Gasteiger partial charge in [-0.3, -0.25) is 9.11 Å². The normalized spacial score (nSPS) is 16.9. The third-order valence-corrected chi connectivity index (χ3v) is 2.14. The largest absolute Gasteiger partial charge is 0.394 e. The van der Waals surface area contributed by atoms with Crippen LogP contribution in [0.4, 0.5) is 0 Å². The zero-order valence-electron chi connectivity index (χ0n) is 7.89. The van der Waals surface area contributed by atoms with Crippen LogP contribution >= 0.6 is 0 Å². The first kappa shape index (κ1) is 13.4. The lowest BCUT2D eigenvalue weighted by molar-refractivity contribution is 0.381. The van der Waals surface area contributed by atoms with Crippen LogP contribution in [0.1, 0.15) is 38.5 Å². The van der Waals surface area contributed by atoms with E-state index in [1.54, 1.807) is 0 Å². The second kappa shape index (κ2) is 6.76. The molecule has 1 aliphatic carbocycles. The number of hydrogen-bond acceptors (Lipinski definition) is 3.